The molecule has 1 heterocycles. The van der Waals surface area contributed by atoms with Crippen molar-refractivity contribution >= 4 is 5.82 Å². The fraction of sp³-hybridized carbons (Fsp3) is 0.667. The number of H-pyrrole nitrogens is 1. The van der Waals surface area contributed by atoms with Gasteiger partial charge in [-0.1, -0.05) is 0 Å². The van der Waals surface area contributed by atoms with Gasteiger partial charge >= 0.3 is 0 Å². The number of hydrogen-bond donors (Lipinski definition) is 3. The summed E-state index contributed by atoms with van der Waals surface area (Å²) in [5.74, 6) is 1.89. The van der Waals surface area contributed by atoms with E-state index < -0.39 is 0 Å². The SMILES string of the molecule is CC(O)CCCNc1cc(=O)[nH]c(C2CC2)n1. The maximum absolute atomic E-state index is 11.4. The third-order valence-corrected chi connectivity index (χ3v) is 2.83. The second kappa shape index (κ2) is 5.31. The zero-order valence-corrected chi connectivity index (χ0v) is 10.1. The number of hydrogen-bond acceptors (Lipinski definition) is 4. The predicted molar refractivity (Wildman–Crippen MR) is 66.2 cm³/mol. The van der Waals surface area contributed by atoms with Gasteiger partial charge in [-0.2, -0.15) is 0 Å². The zero-order chi connectivity index (χ0) is 12.3. The van der Waals surface area contributed by atoms with Crippen LogP contribution in [0, 0.1) is 0 Å². The van der Waals surface area contributed by atoms with Gasteiger partial charge in [0.1, 0.15) is 11.6 Å². The normalized spacial score (nSPS) is 16.8. The molecule has 1 aliphatic rings. The van der Waals surface area contributed by atoms with Gasteiger partial charge in [-0.3, -0.25) is 4.79 Å². The molecule has 1 unspecified atom stereocenters. The van der Waals surface area contributed by atoms with Gasteiger partial charge in [0.15, 0.2) is 0 Å². The number of aliphatic hydroxyl groups excluding tert-OH is 1. The van der Waals surface area contributed by atoms with Gasteiger partial charge in [0, 0.05) is 18.5 Å². The Morgan fingerprint density at radius 1 is 1.65 bits per heavy atom. The summed E-state index contributed by atoms with van der Waals surface area (Å²) in [6.45, 7) is 2.50. The highest BCUT2D eigenvalue weighted by molar-refractivity contribution is 5.33. The maximum Gasteiger partial charge on any atom is 0.252 e. The Bertz CT molecular complexity index is 424. The molecule has 0 aromatic carbocycles. The van der Waals surface area contributed by atoms with Crippen molar-refractivity contribution in [3.05, 3.63) is 22.2 Å². The van der Waals surface area contributed by atoms with Crippen LogP contribution in [0.15, 0.2) is 10.9 Å². The van der Waals surface area contributed by atoms with Crippen molar-refractivity contribution in [3.8, 4) is 0 Å². The summed E-state index contributed by atoms with van der Waals surface area (Å²) in [5.41, 5.74) is -0.0973. The Morgan fingerprint density at radius 2 is 2.41 bits per heavy atom. The molecule has 1 aromatic heterocycles. The number of aromatic nitrogens is 2. The van der Waals surface area contributed by atoms with Crippen LogP contribution in [0.25, 0.3) is 0 Å². The first-order valence-corrected chi connectivity index (χ1v) is 6.18. The molecule has 5 heteroatoms. The Kier molecular flexibility index (Phi) is 3.78. The van der Waals surface area contributed by atoms with Crippen LogP contribution < -0.4 is 10.9 Å². The summed E-state index contributed by atoms with van der Waals surface area (Å²) >= 11 is 0. The number of nitrogens with one attached hydrogen (secondary N) is 2. The van der Waals surface area contributed by atoms with Crippen LogP contribution in [0.4, 0.5) is 5.82 Å². The third kappa shape index (κ3) is 3.85. The lowest BCUT2D eigenvalue weighted by atomic mass is 10.2. The van der Waals surface area contributed by atoms with Crippen LogP contribution >= 0.6 is 0 Å². The lowest BCUT2D eigenvalue weighted by Crippen LogP contribution is -2.14. The van der Waals surface area contributed by atoms with Gasteiger partial charge in [-0.05, 0) is 32.6 Å². The Hall–Kier alpha value is -1.36. The monoisotopic (exact) mass is 237 g/mol. The van der Waals surface area contributed by atoms with E-state index in [4.69, 9.17) is 5.11 Å². The summed E-state index contributed by atoms with van der Waals surface area (Å²) in [6, 6.07) is 1.48. The average molecular weight is 237 g/mol. The second-order valence-corrected chi connectivity index (χ2v) is 4.71. The lowest BCUT2D eigenvalue weighted by molar-refractivity contribution is 0.183. The fourth-order valence-corrected chi connectivity index (χ4v) is 1.73. The molecule has 0 radical (unpaired) electrons. The Labute approximate surface area is 100 Å². The molecular formula is C12H19N3O2. The molecule has 1 saturated carbocycles. The number of anilines is 1. The van der Waals surface area contributed by atoms with Gasteiger partial charge in [-0.15, -0.1) is 0 Å². The summed E-state index contributed by atoms with van der Waals surface area (Å²) in [6.07, 6.45) is 3.59. The standard InChI is InChI=1S/C12H19N3O2/c1-8(16)3-2-6-13-10-7-11(17)15-12(14-10)9-4-5-9/h7-9,16H,2-6H2,1H3,(H2,13,14,15,17). The van der Waals surface area contributed by atoms with E-state index in [-0.39, 0.29) is 11.7 Å². The minimum absolute atomic E-state index is 0.0973. The van der Waals surface area contributed by atoms with Crippen LogP contribution in [0.3, 0.4) is 0 Å². The topological polar surface area (TPSA) is 78.0 Å². The van der Waals surface area contributed by atoms with Crippen LogP contribution in [0.1, 0.15) is 44.3 Å². The first kappa shape index (κ1) is 12.1. The van der Waals surface area contributed by atoms with E-state index in [1.165, 1.54) is 6.07 Å². The largest absolute Gasteiger partial charge is 0.393 e. The van der Waals surface area contributed by atoms with Gasteiger partial charge in [-0.25, -0.2) is 4.98 Å². The van der Waals surface area contributed by atoms with Crippen LogP contribution in [-0.2, 0) is 0 Å². The van der Waals surface area contributed by atoms with Crippen molar-refractivity contribution in [1.29, 1.82) is 0 Å². The molecule has 1 aliphatic carbocycles. The lowest BCUT2D eigenvalue weighted by Gasteiger charge is -2.07. The van der Waals surface area contributed by atoms with Crippen LogP contribution in [0.5, 0.6) is 0 Å². The minimum atomic E-state index is -0.272. The third-order valence-electron chi connectivity index (χ3n) is 2.83. The highest BCUT2D eigenvalue weighted by Crippen LogP contribution is 2.37. The highest BCUT2D eigenvalue weighted by atomic mass is 16.3. The van der Waals surface area contributed by atoms with Gasteiger partial charge in [0.25, 0.3) is 5.56 Å². The molecule has 3 N–H and O–H groups in total. The van der Waals surface area contributed by atoms with E-state index in [9.17, 15) is 4.79 Å². The molecule has 2 rings (SSSR count). The van der Waals surface area contributed by atoms with E-state index >= 15 is 0 Å². The van der Waals surface area contributed by atoms with Gasteiger partial charge < -0.3 is 15.4 Å². The van der Waals surface area contributed by atoms with Crippen molar-refractivity contribution in [1.82, 2.24) is 9.97 Å². The number of aliphatic hydroxyl groups is 1. The van der Waals surface area contributed by atoms with E-state index in [0.29, 0.717) is 11.7 Å². The summed E-state index contributed by atoms with van der Waals surface area (Å²) in [7, 11) is 0. The number of rotatable bonds is 6. The molecule has 0 amide bonds. The van der Waals surface area contributed by atoms with E-state index in [2.05, 4.69) is 15.3 Å². The molecule has 1 fully saturated rings. The summed E-state index contributed by atoms with van der Waals surface area (Å²) < 4.78 is 0. The van der Waals surface area contributed by atoms with Gasteiger partial charge in [0.05, 0.1) is 6.10 Å². The zero-order valence-electron chi connectivity index (χ0n) is 10.1. The fourth-order valence-electron chi connectivity index (χ4n) is 1.73. The van der Waals surface area contributed by atoms with Crippen molar-refractivity contribution in [3.63, 3.8) is 0 Å². The summed E-state index contributed by atoms with van der Waals surface area (Å²) in [4.78, 5) is 18.6. The summed E-state index contributed by atoms with van der Waals surface area (Å²) in [5, 5.41) is 12.2. The molecule has 0 spiro atoms. The van der Waals surface area contributed by atoms with Crippen molar-refractivity contribution < 1.29 is 5.11 Å². The minimum Gasteiger partial charge on any atom is -0.393 e. The molecule has 0 saturated heterocycles. The van der Waals surface area contributed by atoms with Crippen LogP contribution in [-0.4, -0.2) is 27.7 Å². The predicted octanol–water partition coefficient (Wildman–Crippen LogP) is 1.22. The van der Waals surface area contributed by atoms with Crippen molar-refractivity contribution in [2.75, 3.05) is 11.9 Å². The van der Waals surface area contributed by atoms with Gasteiger partial charge in [0.2, 0.25) is 0 Å². The molecule has 0 aliphatic heterocycles. The average Bonchev–Trinajstić information content (AvgIpc) is 3.07. The molecule has 0 bridgehead atoms. The molecular weight excluding hydrogens is 218 g/mol. The molecule has 1 aromatic rings. The second-order valence-electron chi connectivity index (χ2n) is 4.71. The molecule has 1 atom stereocenters. The molecule has 5 nitrogen and oxygen atoms in total. The maximum atomic E-state index is 11.4. The Balaban J connectivity index is 1.89. The molecule has 94 valence electrons. The van der Waals surface area contributed by atoms with Crippen molar-refractivity contribution in [2.24, 2.45) is 0 Å². The van der Waals surface area contributed by atoms with E-state index in [1.807, 2.05) is 0 Å². The number of aromatic amines is 1. The Morgan fingerprint density at radius 3 is 3.06 bits per heavy atom. The number of nitrogens with zero attached hydrogens (tertiary/aromatic N) is 1. The van der Waals surface area contributed by atoms with E-state index in [1.54, 1.807) is 6.92 Å². The highest BCUT2D eigenvalue weighted by Gasteiger charge is 2.26. The first-order valence-electron chi connectivity index (χ1n) is 6.18. The smallest absolute Gasteiger partial charge is 0.252 e. The van der Waals surface area contributed by atoms with Crippen LogP contribution in [0.2, 0.25) is 0 Å². The quantitative estimate of drug-likeness (QED) is 0.650. The van der Waals surface area contributed by atoms with Crippen molar-refractivity contribution in [2.45, 2.75) is 44.6 Å². The molecule has 17 heavy (non-hydrogen) atoms. The van der Waals surface area contributed by atoms with E-state index in [0.717, 1.165) is 38.1 Å². The first-order chi connectivity index (χ1) is 8.15.